The molecular formula is C19H16F3NO3. The van der Waals surface area contributed by atoms with Crippen molar-refractivity contribution < 1.29 is 27.8 Å². The molecule has 0 aromatic heterocycles. The fourth-order valence-electron chi connectivity index (χ4n) is 3.15. The lowest BCUT2D eigenvalue weighted by Crippen LogP contribution is -2.17. The Morgan fingerprint density at radius 1 is 1.27 bits per heavy atom. The number of carboxylic acids is 1. The van der Waals surface area contributed by atoms with E-state index in [-0.39, 0.29) is 11.3 Å². The standard InChI is InChI=1S/C19H16F3NO3/c1-11-7-14(18(24)25)8-15-10-23(12(2)17(11)15)9-13-3-5-16(6-4-13)26-19(20,21)22/h3-8H,2,9-10H2,1H3,(H,24,25). The van der Waals surface area contributed by atoms with Gasteiger partial charge in [0, 0.05) is 24.4 Å². The zero-order valence-electron chi connectivity index (χ0n) is 13.9. The first-order chi connectivity index (χ1) is 12.1. The highest BCUT2D eigenvalue weighted by Gasteiger charge is 2.31. The molecule has 1 N–H and O–H groups in total. The molecular weight excluding hydrogens is 347 g/mol. The lowest BCUT2D eigenvalue weighted by atomic mass is 9.99. The number of carboxylic acid groups (broad SMARTS) is 1. The van der Waals surface area contributed by atoms with E-state index in [0.29, 0.717) is 13.1 Å². The van der Waals surface area contributed by atoms with Crippen molar-refractivity contribution in [2.24, 2.45) is 0 Å². The van der Waals surface area contributed by atoms with Crippen LogP contribution in [0.5, 0.6) is 5.75 Å². The molecule has 0 spiro atoms. The first-order valence-electron chi connectivity index (χ1n) is 7.80. The van der Waals surface area contributed by atoms with Crippen molar-refractivity contribution in [1.82, 2.24) is 4.90 Å². The van der Waals surface area contributed by atoms with Gasteiger partial charge in [0.25, 0.3) is 0 Å². The van der Waals surface area contributed by atoms with E-state index in [0.717, 1.165) is 28.0 Å². The van der Waals surface area contributed by atoms with Gasteiger partial charge in [-0.1, -0.05) is 18.7 Å². The smallest absolute Gasteiger partial charge is 0.478 e. The fraction of sp³-hybridized carbons (Fsp3) is 0.211. The summed E-state index contributed by atoms with van der Waals surface area (Å²) >= 11 is 0. The Bertz CT molecular complexity index is 873. The largest absolute Gasteiger partial charge is 0.573 e. The van der Waals surface area contributed by atoms with E-state index in [1.807, 2.05) is 11.8 Å². The minimum atomic E-state index is -4.72. The molecule has 0 unspecified atom stereocenters. The summed E-state index contributed by atoms with van der Waals surface area (Å²) in [6, 6.07) is 8.90. The van der Waals surface area contributed by atoms with Crippen LogP contribution in [-0.4, -0.2) is 22.3 Å². The summed E-state index contributed by atoms with van der Waals surface area (Å²) in [4.78, 5) is 13.2. The lowest BCUT2D eigenvalue weighted by Gasteiger charge is -2.20. The van der Waals surface area contributed by atoms with Crippen molar-refractivity contribution in [2.45, 2.75) is 26.4 Å². The van der Waals surface area contributed by atoms with Crippen molar-refractivity contribution in [2.75, 3.05) is 0 Å². The highest BCUT2D eigenvalue weighted by Crippen LogP contribution is 2.36. The van der Waals surface area contributed by atoms with E-state index in [1.54, 1.807) is 24.3 Å². The van der Waals surface area contributed by atoms with Crippen LogP contribution in [0.1, 0.15) is 32.6 Å². The zero-order valence-corrected chi connectivity index (χ0v) is 13.9. The van der Waals surface area contributed by atoms with E-state index in [2.05, 4.69) is 11.3 Å². The first-order valence-corrected chi connectivity index (χ1v) is 7.80. The van der Waals surface area contributed by atoms with Gasteiger partial charge in [-0.3, -0.25) is 0 Å². The molecule has 26 heavy (non-hydrogen) atoms. The van der Waals surface area contributed by atoms with Gasteiger partial charge in [0.05, 0.1) is 5.56 Å². The summed E-state index contributed by atoms with van der Waals surface area (Å²) < 4.78 is 40.5. The molecule has 0 saturated heterocycles. The number of alkyl halides is 3. The molecule has 0 amide bonds. The summed E-state index contributed by atoms with van der Waals surface area (Å²) in [5.74, 6) is -1.26. The number of hydrogen-bond donors (Lipinski definition) is 1. The second-order valence-corrected chi connectivity index (χ2v) is 6.13. The van der Waals surface area contributed by atoms with Gasteiger partial charge in [-0.05, 0) is 47.9 Å². The molecule has 0 fully saturated rings. The zero-order chi connectivity index (χ0) is 19.1. The molecule has 1 aliphatic heterocycles. The van der Waals surface area contributed by atoms with Crippen LogP contribution in [0.15, 0.2) is 43.0 Å². The van der Waals surface area contributed by atoms with Gasteiger partial charge < -0.3 is 14.7 Å². The predicted molar refractivity (Wildman–Crippen MR) is 89.5 cm³/mol. The molecule has 2 aromatic carbocycles. The van der Waals surface area contributed by atoms with E-state index in [1.165, 1.54) is 12.1 Å². The summed E-state index contributed by atoms with van der Waals surface area (Å²) in [5, 5.41) is 9.19. The van der Waals surface area contributed by atoms with Crippen LogP contribution >= 0.6 is 0 Å². The van der Waals surface area contributed by atoms with Crippen LogP contribution in [0.3, 0.4) is 0 Å². The minimum Gasteiger partial charge on any atom is -0.478 e. The van der Waals surface area contributed by atoms with E-state index in [9.17, 15) is 23.1 Å². The minimum absolute atomic E-state index is 0.226. The van der Waals surface area contributed by atoms with Gasteiger partial charge in [-0.15, -0.1) is 13.2 Å². The number of rotatable bonds is 4. The Labute approximate surface area is 148 Å². The van der Waals surface area contributed by atoms with Crippen LogP contribution < -0.4 is 4.74 Å². The van der Waals surface area contributed by atoms with Crippen molar-refractivity contribution in [3.63, 3.8) is 0 Å². The van der Waals surface area contributed by atoms with Crippen molar-refractivity contribution >= 4 is 11.7 Å². The number of benzene rings is 2. The van der Waals surface area contributed by atoms with Gasteiger partial charge in [0.1, 0.15) is 5.75 Å². The highest BCUT2D eigenvalue weighted by molar-refractivity contribution is 5.89. The van der Waals surface area contributed by atoms with Gasteiger partial charge >= 0.3 is 12.3 Å². The number of nitrogens with zero attached hydrogens (tertiary/aromatic N) is 1. The molecule has 3 rings (SSSR count). The monoisotopic (exact) mass is 363 g/mol. The fourth-order valence-corrected chi connectivity index (χ4v) is 3.15. The molecule has 0 atom stereocenters. The Hall–Kier alpha value is -2.96. The summed E-state index contributed by atoms with van der Waals surface area (Å²) in [6.45, 7) is 6.86. The van der Waals surface area contributed by atoms with Crippen LogP contribution in [0.4, 0.5) is 13.2 Å². The number of halogens is 3. The third kappa shape index (κ3) is 3.66. The molecule has 4 nitrogen and oxygen atoms in total. The van der Waals surface area contributed by atoms with Crippen LogP contribution in [0.25, 0.3) is 5.70 Å². The van der Waals surface area contributed by atoms with Crippen molar-refractivity contribution in [1.29, 1.82) is 0 Å². The van der Waals surface area contributed by atoms with Gasteiger partial charge in [-0.2, -0.15) is 0 Å². The van der Waals surface area contributed by atoms with Crippen molar-refractivity contribution in [3.05, 3.63) is 70.8 Å². The molecule has 7 heteroatoms. The number of hydrogen-bond acceptors (Lipinski definition) is 3. The Kier molecular flexibility index (Phi) is 4.39. The topological polar surface area (TPSA) is 49.8 Å². The molecule has 1 heterocycles. The molecule has 0 radical (unpaired) electrons. The molecule has 0 aliphatic carbocycles. The van der Waals surface area contributed by atoms with Gasteiger partial charge in [-0.25, -0.2) is 4.79 Å². The van der Waals surface area contributed by atoms with Crippen LogP contribution in [0.2, 0.25) is 0 Å². The maximum Gasteiger partial charge on any atom is 0.573 e. The second kappa shape index (κ2) is 6.40. The summed E-state index contributed by atoms with van der Waals surface area (Å²) in [6.07, 6.45) is -4.72. The Balaban J connectivity index is 1.76. The molecule has 136 valence electrons. The number of fused-ring (bicyclic) bond motifs is 1. The number of aryl methyl sites for hydroxylation is 1. The summed E-state index contributed by atoms with van der Waals surface area (Å²) in [5.41, 5.74) is 4.43. The van der Waals surface area contributed by atoms with Crippen LogP contribution in [0, 0.1) is 6.92 Å². The second-order valence-electron chi connectivity index (χ2n) is 6.13. The van der Waals surface area contributed by atoms with Crippen LogP contribution in [-0.2, 0) is 13.1 Å². The molecule has 0 bridgehead atoms. The summed E-state index contributed by atoms with van der Waals surface area (Å²) in [7, 11) is 0. The quantitative estimate of drug-likeness (QED) is 0.864. The first kappa shape index (κ1) is 17.8. The van der Waals surface area contributed by atoms with Gasteiger partial charge in [0.2, 0.25) is 0 Å². The SMILES string of the molecule is C=C1c2c(C)cc(C(=O)O)cc2CN1Cc1ccc(OC(F)(F)F)cc1. The average Bonchev–Trinajstić information content (AvgIpc) is 2.84. The third-order valence-electron chi connectivity index (χ3n) is 4.23. The third-order valence-corrected chi connectivity index (χ3v) is 4.23. The normalized spacial score (nSPS) is 13.7. The highest BCUT2D eigenvalue weighted by atomic mass is 19.4. The maximum absolute atomic E-state index is 12.2. The number of aromatic carboxylic acids is 1. The lowest BCUT2D eigenvalue weighted by molar-refractivity contribution is -0.274. The van der Waals surface area contributed by atoms with E-state index in [4.69, 9.17) is 0 Å². The van der Waals surface area contributed by atoms with Crippen molar-refractivity contribution in [3.8, 4) is 5.75 Å². The van der Waals surface area contributed by atoms with Gasteiger partial charge in [0.15, 0.2) is 0 Å². The van der Waals surface area contributed by atoms with E-state index < -0.39 is 12.3 Å². The van der Waals surface area contributed by atoms with E-state index >= 15 is 0 Å². The number of ether oxygens (including phenoxy) is 1. The average molecular weight is 363 g/mol. The Morgan fingerprint density at radius 2 is 1.92 bits per heavy atom. The molecule has 2 aromatic rings. The molecule has 0 saturated carbocycles. The predicted octanol–water partition coefficient (Wildman–Crippen LogP) is 4.58. The molecule has 1 aliphatic rings. The number of carbonyl (C=O) groups is 1. The Morgan fingerprint density at radius 3 is 2.50 bits per heavy atom. The maximum atomic E-state index is 12.2.